The number of rotatable bonds is 20. The van der Waals surface area contributed by atoms with Crippen LogP contribution in [0, 0.1) is 0 Å². The van der Waals surface area contributed by atoms with Crippen molar-refractivity contribution in [3.05, 3.63) is 12.2 Å². The van der Waals surface area contributed by atoms with Crippen LogP contribution < -0.4 is 0 Å². The predicted molar refractivity (Wildman–Crippen MR) is 123 cm³/mol. The average molecular weight is 429 g/mol. The van der Waals surface area contributed by atoms with Gasteiger partial charge < -0.3 is 24.8 Å². The topological polar surface area (TPSA) is 79.2 Å². The molecule has 30 heavy (non-hydrogen) atoms. The van der Waals surface area contributed by atoms with E-state index in [0.717, 1.165) is 12.8 Å². The van der Waals surface area contributed by atoms with E-state index >= 15 is 0 Å². The smallest absolute Gasteiger partial charge is 0.114 e. The van der Waals surface area contributed by atoms with Crippen LogP contribution in [-0.2, 0) is 9.47 Å². The molecule has 1 rings (SSSR count). The molecule has 0 unspecified atom stereocenters. The Hall–Kier alpha value is -0.460. The number of hydrogen-bond acceptors (Lipinski definition) is 5. The van der Waals surface area contributed by atoms with Gasteiger partial charge in [0.25, 0.3) is 0 Å². The van der Waals surface area contributed by atoms with Gasteiger partial charge in [-0.2, -0.15) is 0 Å². The lowest BCUT2D eigenvalue weighted by molar-refractivity contribution is -0.0813. The van der Waals surface area contributed by atoms with Gasteiger partial charge in [0.2, 0.25) is 0 Å². The first-order chi connectivity index (χ1) is 14.7. The van der Waals surface area contributed by atoms with Gasteiger partial charge in [0.15, 0.2) is 0 Å². The molecule has 0 radical (unpaired) electrons. The van der Waals surface area contributed by atoms with Crippen LogP contribution in [0.5, 0.6) is 0 Å². The number of aliphatic hydroxyl groups excluding tert-OH is 3. The number of aliphatic hydroxyl groups is 3. The molecule has 0 amide bonds. The molecule has 4 atom stereocenters. The molecular weight excluding hydrogens is 380 g/mol. The highest BCUT2D eigenvalue weighted by molar-refractivity contribution is 4.87. The maximum Gasteiger partial charge on any atom is 0.114 e. The van der Waals surface area contributed by atoms with Crippen LogP contribution >= 0.6 is 0 Å². The fourth-order valence-corrected chi connectivity index (χ4v) is 3.89. The van der Waals surface area contributed by atoms with Gasteiger partial charge >= 0.3 is 0 Å². The number of hydrogen-bond donors (Lipinski definition) is 3. The number of allylic oxidation sites excluding steroid dienone is 2. The fraction of sp³-hybridized carbons (Fsp3) is 0.920. The van der Waals surface area contributed by atoms with E-state index in [1.807, 2.05) is 0 Å². The predicted octanol–water partition coefficient (Wildman–Crippen LogP) is 4.91. The van der Waals surface area contributed by atoms with Crippen molar-refractivity contribution in [1.82, 2.24) is 0 Å². The monoisotopic (exact) mass is 428 g/mol. The zero-order chi connectivity index (χ0) is 21.9. The first-order valence-electron chi connectivity index (χ1n) is 12.5. The van der Waals surface area contributed by atoms with Crippen LogP contribution in [0.15, 0.2) is 12.2 Å². The number of unbranched alkanes of at least 4 members (excludes halogenated alkanes) is 13. The molecule has 0 aliphatic carbocycles. The van der Waals surface area contributed by atoms with Gasteiger partial charge in [0.05, 0.1) is 13.2 Å². The molecule has 0 saturated carbocycles. The summed E-state index contributed by atoms with van der Waals surface area (Å²) < 4.78 is 10.7. The summed E-state index contributed by atoms with van der Waals surface area (Å²) in [4.78, 5) is 0. The second-order valence-corrected chi connectivity index (χ2v) is 8.79. The third-order valence-electron chi connectivity index (χ3n) is 5.91. The number of ether oxygens (including phenoxy) is 2. The molecule has 0 aromatic carbocycles. The van der Waals surface area contributed by atoms with E-state index in [0.29, 0.717) is 6.61 Å². The van der Waals surface area contributed by atoms with Crippen molar-refractivity contribution in [2.45, 2.75) is 128 Å². The fourth-order valence-electron chi connectivity index (χ4n) is 3.89. The van der Waals surface area contributed by atoms with Crippen molar-refractivity contribution >= 4 is 0 Å². The standard InChI is InChI=1S/C25H48O5/c1-2-3-4-5-6-7-8-9-10-11-12-13-14-15-16-17-18-19-29-20-23(27)25-24(28)22(26)21-30-25/h8-9,22-28H,2-7,10-21H2,1H3/b9-8+/t22-,23+,24-,25-/m1/s1. The summed E-state index contributed by atoms with van der Waals surface area (Å²) in [5.41, 5.74) is 0. The Balaban J connectivity index is 1.76. The SMILES string of the molecule is CCCCCCC/C=C/CCCCCCCCCCOC[C@H](O)[C@H]1OC[C@@H](O)[C@H]1O. The first kappa shape index (κ1) is 27.6. The molecule has 5 heteroatoms. The van der Waals surface area contributed by atoms with Crippen molar-refractivity contribution in [2.24, 2.45) is 0 Å². The second-order valence-electron chi connectivity index (χ2n) is 8.79. The lowest BCUT2D eigenvalue weighted by Crippen LogP contribution is -2.40. The van der Waals surface area contributed by atoms with Gasteiger partial charge in [-0.3, -0.25) is 0 Å². The quantitative estimate of drug-likeness (QED) is 0.190. The van der Waals surface area contributed by atoms with E-state index in [-0.39, 0.29) is 13.2 Å². The molecule has 0 aromatic heterocycles. The van der Waals surface area contributed by atoms with Gasteiger partial charge in [0, 0.05) is 6.61 Å². The second kappa shape index (κ2) is 19.2. The Bertz CT molecular complexity index is 401. The van der Waals surface area contributed by atoms with E-state index in [1.165, 1.54) is 83.5 Å². The summed E-state index contributed by atoms with van der Waals surface area (Å²) >= 11 is 0. The molecule has 1 aliphatic heterocycles. The zero-order valence-corrected chi connectivity index (χ0v) is 19.4. The van der Waals surface area contributed by atoms with Crippen LogP contribution in [-0.4, -0.2) is 59.6 Å². The van der Waals surface area contributed by atoms with Crippen LogP contribution in [0.1, 0.15) is 103 Å². The lowest BCUT2D eigenvalue weighted by atomic mass is 10.1. The van der Waals surface area contributed by atoms with Crippen molar-refractivity contribution < 1.29 is 24.8 Å². The molecule has 1 heterocycles. The van der Waals surface area contributed by atoms with E-state index in [2.05, 4.69) is 19.1 Å². The molecule has 0 aromatic rings. The van der Waals surface area contributed by atoms with E-state index < -0.39 is 24.4 Å². The van der Waals surface area contributed by atoms with Gasteiger partial charge in [-0.1, -0.05) is 83.3 Å². The summed E-state index contributed by atoms with van der Waals surface area (Å²) in [5, 5.41) is 29.1. The van der Waals surface area contributed by atoms with E-state index in [1.54, 1.807) is 0 Å². The molecule has 1 saturated heterocycles. The van der Waals surface area contributed by atoms with Gasteiger partial charge in [-0.05, 0) is 32.1 Å². The minimum atomic E-state index is -1.03. The molecule has 1 aliphatic rings. The Kier molecular flexibility index (Phi) is 17.7. The third-order valence-corrected chi connectivity index (χ3v) is 5.91. The Morgan fingerprint density at radius 3 is 1.90 bits per heavy atom. The summed E-state index contributed by atoms with van der Waals surface area (Å²) in [6.45, 7) is 3.09. The van der Waals surface area contributed by atoms with Crippen molar-refractivity contribution in [2.75, 3.05) is 19.8 Å². The molecule has 3 N–H and O–H groups in total. The zero-order valence-electron chi connectivity index (χ0n) is 19.4. The van der Waals surface area contributed by atoms with E-state index in [9.17, 15) is 15.3 Å². The van der Waals surface area contributed by atoms with E-state index in [4.69, 9.17) is 9.47 Å². The minimum absolute atomic E-state index is 0.0682. The molecular formula is C25H48O5. The van der Waals surface area contributed by atoms with Crippen molar-refractivity contribution in [3.8, 4) is 0 Å². The molecule has 178 valence electrons. The highest BCUT2D eigenvalue weighted by Crippen LogP contribution is 2.18. The van der Waals surface area contributed by atoms with Gasteiger partial charge in [-0.25, -0.2) is 0 Å². The van der Waals surface area contributed by atoms with Crippen molar-refractivity contribution in [1.29, 1.82) is 0 Å². The van der Waals surface area contributed by atoms with Crippen LogP contribution in [0.3, 0.4) is 0 Å². The Labute approximate surface area is 184 Å². The van der Waals surface area contributed by atoms with Gasteiger partial charge in [-0.15, -0.1) is 0 Å². The summed E-state index contributed by atoms with van der Waals surface area (Å²) in [6, 6.07) is 0. The highest BCUT2D eigenvalue weighted by Gasteiger charge is 2.39. The normalized spacial score (nSPS) is 22.9. The van der Waals surface area contributed by atoms with Crippen LogP contribution in [0.2, 0.25) is 0 Å². The summed E-state index contributed by atoms with van der Waals surface area (Å²) in [7, 11) is 0. The molecule has 5 nitrogen and oxygen atoms in total. The summed E-state index contributed by atoms with van der Waals surface area (Å²) in [5.74, 6) is 0. The third kappa shape index (κ3) is 13.8. The van der Waals surface area contributed by atoms with Gasteiger partial charge in [0.1, 0.15) is 24.4 Å². The van der Waals surface area contributed by atoms with Crippen molar-refractivity contribution in [3.63, 3.8) is 0 Å². The average Bonchev–Trinajstić information content (AvgIpc) is 3.08. The minimum Gasteiger partial charge on any atom is -0.388 e. The lowest BCUT2D eigenvalue weighted by Gasteiger charge is -2.20. The molecule has 0 bridgehead atoms. The maximum absolute atomic E-state index is 9.96. The maximum atomic E-state index is 9.96. The molecule has 1 fully saturated rings. The highest BCUT2D eigenvalue weighted by atomic mass is 16.5. The Morgan fingerprint density at radius 1 is 0.833 bits per heavy atom. The first-order valence-corrected chi connectivity index (χ1v) is 12.5. The largest absolute Gasteiger partial charge is 0.388 e. The summed E-state index contributed by atoms with van der Waals surface area (Å²) in [6.07, 6.45) is 20.5. The Morgan fingerprint density at radius 2 is 1.37 bits per heavy atom. The van der Waals surface area contributed by atoms with Crippen LogP contribution in [0.25, 0.3) is 0 Å². The van der Waals surface area contributed by atoms with Crippen LogP contribution in [0.4, 0.5) is 0 Å². The molecule has 0 spiro atoms.